The summed E-state index contributed by atoms with van der Waals surface area (Å²) in [6, 6.07) is 16.1. The monoisotopic (exact) mass is 349 g/mol. The summed E-state index contributed by atoms with van der Waals surface area (Å²) >= 11 is 0. The number of carbonyl (C=O) groups excluding carboxylic acids is 1. The van der Waals surface area contributed by atoms with Gasteiger partial charge in [-0.3, -0.25) is 0 Å². The highest BCUT2D eigenvalue weighted by Gasteiger charge is 2.23. The van der Waals surface area contributed by atoms with Gasteiger partial charge in [0.15, 0.2) is 12.7 Å². The van der Waals surface area contributed by atoms with Crippen LogP contribution < -0.4 is 4.57 Å². The molecule has 2 aromatic carbocycles. The zero-order valence-electron chi connectivity index (χ0n) is 14.3. The number of esters is 1. The molecule has 0 radical (unpaired) electrons. The maximum Gasteiger partial charge on any atom is 0.403 e. The number of halogens is 1. The lowest BCUT2D eigenvalue weighted by Gasteiger charge is -2.05. The van der Waals surface area contributed by atoms with Crippen molar-refractivity contribution in [3.05, 3.63) is 77.9 Å². The molecule has 5 heteroatoms. The fourth-order valence-electron chi connectivity index (χ4n) is 3.19. The molecule has 130 valence electrons. The van der Waals surface area contributed by atoms with Crippen molar-refractivity contribution in [1.29, 1.82) is 0 Å². The molecule has 4 nitrogen and oxygen atoms in total. The molecule has 0 amide bonds. The molecule has 26 heavy (non-hydrogen) atoms. The van der Waals surface area contributed by atoms with Crippen molar-refractivity contribution >= 4 is 27.8 Å². The minimum atomic E-state index is -0.373. The predicted molar refractivity (Wildman–Crippen MR) is 97.5 cm³/mol. The van der Waals surface area contributed by atoms with Crippen molar-refractivity contribution < 1.29 is 18.5 Å². The van der Waals surface area contributed by atoms with Gasteiger partial charge in [-0.25, -0.2) is 9.18 Å². The third kappa shape index (κ3) is 2.92. The molecule has 0 aliphatic heterocycles. The Labute approximate surface area is 149 Å². The molecule has 0 aliphatic rings. The highest BCUT2D eigenvalue weighted by molar-refractivity contribution is 6.08. The van der Waals surface area contributed by atoms with Crippen LogP contribution in [0.5, 0.6) is 0 Å². The molecule has 2 heterocycles. The lowest BCUT2D eigenvalue weighted by molar-refractivity contribution is -0.689. The molecule has 2 aromatic heterocycles. The molecule has 0 atom stereocenters. The Balaban J connectivity index is 1.88. The van der Waals surface area contributed by atoms with Crippen LogP contribution in [-0.2, 0) is 11.3 Å². The molecule has 0 aliphatic carbocycles. The molecular weight excluding hydrogens is 331 g/mol. The summed E-state index contributed by atoms with van der Waals surface area (Å²) < 4.78 is 20.2. The van der Waals surface area contributed by atoms with Crippen molar-refractivity contribution in [2.24, 2.45) is 0 Å². The van der Waals surface area contributed by atoms with E-state index in [-0.39, 0.29) is 11.8 Å². The summed E-state index contributed by atoms with van der Waals surface area (Å²) in [6.45, 7) is 2.54. The Morgan fingerprint density at radius 3 is 2.62 bits per heavy atom. The average Bonchev–Trinajstić information content (AvgIpc) is 3.00. The van der Waals surface area contributed by atoms with E-state index in [1.54, 1.807) is 19.1 Å². The number of pyridine rings is 1. The quantitative estimate of drug-likeness (QED) is 0.448. The molecule has 4 aromatic rings. The molecule has 0 fully saturated rings. The molecular formula is C21H18FN2O2+. The van der Waals surface area contributed by atoms with Crippen LogP contribution >= 0.6 is 0 Å². The van der Waals surface area contributed by atoms with Gasteiger partial charge in [-0.05, 0) is 37.3 Å². The van der Waals surface area contributed by atoms with Gasteiger partial charge in [0, 0.05) is 27.9 Å². The van der Waals surface area contributed by atoms with Crippen LogP contribution in [-0.4, -0.2) is 17.6 Å². The number of H-pyrrole nitrogens is 1. The molecule has 0 unspecified atom stereocenters. The number of para-hydroxylation sites is 1. The molecule has 0 spiro atoms. The molecule has 0 saturated carbocycles. The number of hydrogen-bond acceptors (Lipinski definition) is 2. The molecule has 0 bridgehead atoms. The van der Waals surface area contributed by atoms with Crippen molar-refractivity contribution in [3.63, 3.8) is 0 Å². The summed E-state index contributed by atoms with van der Waals surface area (Å²) in [5.41, 5.74) is 3.31. The van der Waals surface area contributed by atoms with Crippen molar-refractivity contribution in [3.8, 4) is 0 Å². The number of nitrogens with zero attached hydrogens (tertiary/aromatic N) is 1. The summed E-state index contributed by atoms with van der Waals surface area (Å²) in [5.74, 6) is -0.655. The summed E-state index contributed by atoms with van der Waals surface area (Å²) in [7, 11) is 0. The second-order valence-electron chi connectivity index (χ2n) is 6.13. The Morgan fingerprint density at radius 2 is 1.85 bits per heavy atom. The van der Waals surface area contributed by atoms with Gasteiger partial charge >= 0.3 is 5.97 Å². The first-order valence-corrected chi connectivity index (χ1v) is 8.51. The second-order valence-corrected chi connectivity index (χ2v) is 6.13. The summed E-state index contributed by atoms with van der Waals surface area (Å²) in [5, 5.41) is 2.03. The SMILES string of the molecule is CCOC(=O)c1cc2c(c[n+]1Cc1ccc(F)cc1)[nH]c1ccccc12. The van der Waals surface area contributed by atoms with Gasteiger partial charge in [-0.1, -0.05) is 18.2 Å². The number of fused-ring (bicyclic) bond motifs is 3. The van der Waals surface area contributed by atoms with Crippen LogP contribution in [0.15, 0.2) is 60.8 Å². The summed E-state index contributed by atoms with van der Waals surface area (Å²) in [6.07, 6.45) is 1.91. The Kier molecular flexibility index (Phi) is 4.13. The standard InChI is InChI=1S/C21H17FN2O2/c1-2-26-21(25)20-11-17-16-5-3-4-6-18(16)23-19(17)13-24(20)12-14-7-9-15(22)10-8-14/h3-11,13H,2,12H2,1H3/p+1. The number of aromatic nitrogens is 2. The van der Waals surface area contributed by atoms with Gasteiger partial charge in [-0.2, -0.15) is 4.57 Å². The van der Waals surface area contributed by atoms with Gasteiger partial charge in [0.25, 0.3) is 5.69 Å². The second kappa shape index (κ2) is 6.59. The first-order valence-electron chi connectivity index (χ1n) is 8.51. The van der Waals surface area contributed by atoms with Crippen LogP contribution in [0, 0.1) is 5.82 Å². The number of benzene rings is 2. The highest BCUT2D eigenvalue weighted by atomic mass is 19.1. The van der Waals surface area contributed by atoms with Crippen LogP contribution in [0.1, 0.15) is 23.0 Å². The van der Waals surface area contributed by atoms with Gasteiger partial charge in [0.2, 0.25) is 0 Å². The zero-order valence-corrected chi connectivity index (χ0v) is 14.3. The number of ether oxygens (including phenoxy) is 1. The van der Waals surface area contributed by atoms with E-state index in [1.807, 2.05) is 41.1 Å². The Bertz CT molecular complexity index is 1100. The van der Waals surface area contributed by atoms with Crippen molar-refractivity contribution in [1.82, 2.24) is 4.98 Å². The maximum absolute atomic E-state index is 13.2. The minimum Gasteiger partial charge on any atom is -0.458 e. The van der Waals surface area contributed by atoms with Crippen LogP contribution in [0.4, 0.5) is 4.39 Å². The van der Waals surface area contributed by atoms with Gasteiger partial charge < -0.3 is 9.72 Å². The largest absolute Gasteiger partial charge is 0.458 e. The van der Waals surface area contributed by atoms with E-state index in [4.69, 9.17) is 4.74 Å². The van der Waals surface area contributed by atoms with Crippen molar-refractivity contribution in [2.45, 2.75) is 13.5 Å². The highest BCUT2D eigenvalue weighted by Crippen LogP contribution is 2.25. The van der Waals surface area contributed by atoms with Gasteiger partial charge in [0.05, 0.1) is 6.61 Å². The van der Waals surface area contributed by atoms with Gasteiger partial charge in [-0.15, -0.1) is 0 Å². The molecule has 1 N–H and O–H groups in total. The first kappa shape index (κ1) is 16.3. The number of aromatic amines is 1. The zero-order chi connectivity index (χ0) is 18.1. The maximum atomic E-state index is 13.2. The van der Waals surface area contributed by atoms with Crippen LogP contribution in [0.3, 0.4) is 0 Å². The van der Waals surface area contributed by atoms with Crippen LogP contribution in [0.25, 0.3) is 21.8 Å². The fraction of sp³-hybridized carbons (Fsp3) is 0.143. The van der Waals surface area contributed by atoms with Crippen molar-refractivity contribution in [2.75, 3.05) is 6.61 Å². The Hall–Kier alpha value is -3.21. The third-order valence-electron chi connectivity index (χ3n) is 4.40. The topological polar surface area (TPSA) is 46.0 Å². The number of carbonyl (C=O) groups is 1. The minimum absolute atomic E-state index is 0.282. The predicted octanol–water partition coefficient (Wildman–Crippen LogP) is 3.97. The first-order chi connectivity index (χ1) is 12.7. The summed E-state index contributed by atoms with van der Waals surface area (Å²) in [4.78, 5) is 15.9. The van der Waals surface area contributed by atoms with E-state index in [1.165, 1.54) is 12.1 Å². The smallest absolute Gasteiger partial charge is 0.403 e. The normalized spacial score (nSPS) is 11.2. The van der Waals surface area contributed by atoms with E-state index in [2.05, 4.69) is 4.98 Å². The van der Waals surface area contributed by atoms with Crippen LogP contribution in [0.2, 0.25) is 0 Å². The van der Waals surface area contributed by atoms with E-state index in [0.717, 1.165) is 27.4 Å². The Morgan fingerprint density at radius 1 is 1.08 bits per heavy atom. The fourth-order valence-corrected chi connectivity index (χ4v) is 3.19. The van der Waals surface area contributed by atoms with E-state index >= 15 is 0 Å². The van der Waals surface area contributed by atoms with Gasteiger partial charge in [0.1, 0.15) is 11.3 Å². The molecule has 0 saturated heterocycles. The van der Waals surface area contributed by atoms with E-state index in [9.17, 15) is 9.18 Å². The number of rotatable bonds is 4. The average molecular weight is 349 g/mol. The molecule has 4 rings (SSSR count). The van der Waals surface area contributed by atoms with E-state index < -0.39 is 0 Å². The third-order valence-corrected chi connectivity index (χ3v) is 4.40. The lowest BCUT2D eigenvalue weighted by atomic mass is 10.1. The van der Waals surface area contributed by atoms with E-state index in [0.29, 0.717) is 18.8 Å². The number of nitrogens with one attached hydrogen (secondary N) is 1. The lowest BCUT2D eigenvalue weighted by Crippen LogP contribution is -2.41. The number of hydrogen-bond donors (Lipinski definition) is 1.